The first kappa shape index (κ1) is 12.7. The van der Waals surface area contributed by atoms with E-state index >= 15 is 0 Å². The zero-order valence-electron chi connectivity index (χ0n) is 11.2. The zero-order chi connectivity index (χ0) is 13.8. The van der Waals surface area contributed by atoms with Crippen LogP contribution in [0.1, 0.15) is 32.6 Å². The van der Waals surface area contributed by atoms with Gasteiger partial charge in [-0.3, -0.25) is 4.79 Å². The third-order valence-corrected chi connectivity index (χ3v) is 5.29. The quantitative estimate of drug-likeness (QED) is 0.715. The molecule has 0 aromatic heterocycles. The van der Waals surface area contributed by atoms with Gasteiger partial charge in [-0.25, -0.2) is 4.79 Å². The maximum absolute atomic E-state index is 12.3. The molecule has 3 aliphatic rings. The Morgan fingerprint density at radius 3 is 2.89 bits per heavy atom. The van der Waals surface area contributed by atoms with Gasteiger partial charge in [0, 0.05) is 11.1 Å². The highest BCUT2D eigenvalue weighted by molar-refractivity contribution is 5.94. The molecule has 0 aromatic rings. The molecular weight excluding hydrogens is 248 g/mol. The van der Waals surface area contributed by atoms with Gasteiger partial charge >= 0.3 is 11.9 Å². The third kappa shape index (κ3) is 1.29. The Labute approximate surface area is 111 Å². The van der Waals surface area contributed by atoms with E-state index in [0.717, 1.165) is 6.42 Å². The van der Waals surface area contributed by atoms with Crippen LogP contribution in [0, 0.1) is 11.3 Å². The minimum absolute atomic E-state index is 0.0368. The van der Waals surface area contributed by atoms with Crippen LogP contribution in [0.15, 0.2) is 11.1 Å². The fourth-order valence-electron chi connectivity index (χ4n) is 4.21. The van der Waals surface area contributed by atoms with E-state index in [9.17, 15) is 14.7 Å². The minimum atomic E-state index is -1.28. The van der Waals surface area contributed by atoms with E-state index in [0.29, 0.717) is 30.4 Å². The molecule has 0 saturated heterocycles. The summed E-state index contributed by atoms with van der Waals surface area (Å²) in [6, 6.07) is 0. The first-order valence-corrected chi connectivity index (χ1v) is 6.68. The molecule has 0 spiro atoms. The predicted octanol–water partition coefficient (Wildman–Crippen LogP) is 0.954. The number of aliphatic hydroxyl groups is 1. The minimum Gasteiger partial charge on any atom is -0.468 e. The number of ether oxygens (including phenoxy) is 2. The van der Waals surface area contributed by atoms with Crippen molar-refractivity contribution in [3.05, 3.63) is 11.1 Å². The number of carbonyl (C=O) groups excluding carboxylic acids is 2. The van der Waals surface area contributed by atoms with Gasteiger partial charge in [0.2, 0.25) is 0 Å². The number of rotatable bonds is 1. The molecule has 0 radical (unpaired) electrons. The number of carbonyl (C=O) groups is 2. The zero-order valence-corrected chi connectivity index (χ0v) is 11.2. The van der Waals surface area contributed by atoms with Crippen LogP contribution in [-0.4, -0.2) is 36.4 Å². The van der Waals surface area contributed by atoms with Crippen LogP contribution in [0.5, 0.6) is 0 Å². The van der Waals surface area contributed by atoms with Gasteiger partial charge in [0.1, 0.15) is 17.6 Å². The van der Waals surface area contributed by atoms with Gasteiger partial charge in [0.05, 0.1) is 7.11 Å². The molecule has 1 aliphatic heterocycles. The van der Waals surface area contributed by atoms with Gasteiger partial charge < -0.3 is 14.6 Å². The van der Waals surface area contributed by atoms with Crippen molar-refractivity contribution in [2.45, 2.75) is 38.2 Å². The lowest BCUT2D eigenvalue weighted by molar-refractivity contribution is -0.171. The van der Waals surface area contributed by atoms with Crippen molar-refractivity contribution >= 4 is 11.9 Å². The highest BCUT2D eigenvalue weighted by Gasteiger charge is 2.67. The molecule has 1 heterocycles. The molecule has 3 rings (SSSR count). The van der Waals surface area contributed by atoms with Crippen LogP contribution < -0.4 is 0 Å². The first-order valence-electron chi connectivity index (χ1n) is 6.68. The molecular formula is C14H18O5. The molecule has 3 atom stereocenters. The van der Waals surface area contributed by atoms with Gasteiger partial charge in [0.25, 0.3) is 0 Å². The van der Waals surface area contributed by atoms with E-state index in [1.54, 1.807) is 0 Å². The Kier molecular flexibility index (Phi) is 2.55. The van der Waals surface area contributed by atoms with Crippen molar-refractivity contribution in [3.8, 4) is 0 Å². The lowest BCUT2D eigenvalue weighted by Crippen LogP contribution is -2.56. The molecule has 5 heteroatoms. The van der Waals surface area contributed by atoms with Crippen LogP contribution in [0.4, 0.5) is 0 Å². The summed E-state index contributed by atoms with van der Waals surface area (Å²) < 4.78 is 10.00. The molecule has 5 nitrogen and oxygen atoms in total. The van der Waals surface area contributed by atoms with E-state index < -0.39 is 11.0 Å². The molecule has 1 saturated carbocycles. The number of fused-ring (bicyclic) bond motifs is 2. The largest absolute Gasteiger partial charge is 0.468 e. The van der Waals surface area contributed by atoms with E-state index in [4.69, 9.17) is 9.47 Å². The summed E-state index contributed by atoms with van der Waals surface area (Å²) in [6.45, 7) is 2.08. The summed E-state index contributed by atoms with van der Waals surface area (Å²) in [6.07, 6.45) is 2.16. The van der Waals surface area contributed by atoms with Crippen molar-refractivity contribution in [2.75, 3.05) is 13.7 Å². The normalized spacial score (nSPS) is 40.8. The Hall–Kier alpha value is -1.36. The molecule has 104 valence electrons. The number of methoxy groups -OCH3 is 1. The van der Waals surface area contributed by atoms with Gasteiger partial charge in [-0.1, -0.05) is 6.92 Å². The van der Waals surface area contributed by atoms with Gasteiger partial charge in [-0.05, 0) is 31.6 Å². The van der Waals surface area contributed by atoms with Crippen molar-refractivity contribution in [2.24, 2.45) is 11.3 Å². The van der Waals surface area contributed by atoms with Crippen LogP contribution in [0.2, 0.25) is 0 Å². The van der Waals surface area contributed by atoms with E-state index in [1.807, 2.05) is 6.92 Å². The van der Waals surface area contributed by atoms with Gasteiger partial charge in [-0.2, -0.15) is 0 Å². The molecule has 1 fully saturated rings. The van der Waals surface area contributed by atoms with Crippen LogP contribution >= 0.6 is 0 Å². The molecule has 19 heavy (non-hydrogen) atoms. The molecule has 0 amide bonds. The van der Waals surface area contributed by atoms with Crippen LogP contribution in [-0.2, 0) is 19.1 Å². The average Bonchev–Trinajstić information content (AvgIpc) is 2.90. The second kappa shape index (κ2) is 3.82. The van der Waals surface area contributed by atoms with Crippen molar-refractivity contribution in [1.82, 2.24) is 0 Å². The third-order valence-electron chi connectivity index (χ3n) is 5.29. The number of cyclic esters (lactones) is 1. The second-order valence-electron chi connectivity index (χ2n) is 5.80. The van der Waals surface area contributed by atoms with Crippen LogP contribution in [0.25, 0.3) is 0 Å². The lowest BCUT2D eigenvalue weighted by Gasteiger charge is -2.45. The summed E-state index contributed by atoms with van der Waals surface area (Å²) >= 11 is 0. The number of hydrogen-bond donors (Lipinski definition) is 1. The molecule has 2 aliphatic carbocycles. The summed E-state index contributed by atoms with van der Waals surface area (Å²) in [4.78, 5) is 24.0. The molecule has 1 N–H and O–H groups in total. The maximum atomic E-state index is 12.3. The monoisotopic (exact) mass is 266 g/mol. The van der Waals surface area contributed by atoms with E-state index in [-0.39, 0.29) is 24.5 Å². The van der Waals surface area contributed by atoms with Gasteiger partial charge in [-0.15, -0.1) is 0 Å². The SMILES string of the molecule is COC(=O)[C@@]12CCC3=C(COC3=O)[C@]1(O)CC[C@H]2C. The maximum Gasteiger partial charge on any atom is 0.334 e. The summed E-state index contributed by atoms with van der Waals surface area (Å²) in [5.41, 5.74) is -1.02. The number of esters is 2. The second-order valence-corrected chi connectivity index (χ2v) is 5.80. The summed E-state index contributed by atoms with van der Waals surface area (Å²) in [5, 5.41) is 11.1. The molecule has 0 bridgehead atoms. The summed E-state index contributed by atoms with van der Waals surface area (Å²) in [5.74, 6) is -0.679. The van der Waals surface area contributed by atoms with Crippen molar-refractivity contribution in [1.29, 1.82) is 0 Å². The Bertz CT molecular complexity index is 494. The lowest BCUT2D eigenvalue weighted by atomic mass is 9.60. The Morgan fingerprint density at radius 2 is 2.21 bits per heavy atom. The van der Waals surface area contributed by atoms with E-state index in [2.05, 4.69) is 0 Å². The first-order chi connectivity index (χ1) is 8.97. The van der Waals surface area contributed by atoms with Crippen molar-refractivity contribution < 1.29 is 24.2 Å². The summed E-state index contributed by atoms with van der Waals surface area (Å²) in [7, 11) is 1.35. The van der Waals surface area contributed by atoms with Crippen molar-refractivity contribution in [3.63, 3.8) is 0 Å². The fraction of sp³-hybridized carbons (Fsp3) is 0.714. The smallest absolute Gasteiger partial charge is 0.334 e. The topological polar surface area (TPSA) is 72.8 Å². The Morgan fingerprint density at radius 1 is 1.47 bits per heavy atom. The Balaban J connectivity index is 2.16. The molecule has 0 aromatic carbocycles. The highest BCUT2D eigenvalue weighted by Crippen LogP contribution is 2.61. The fourth-order valence-corrected chi connectivity index (χ4v) is 4.21. The number of hydrogen-bond acceptors (Lipinski definition) is 5. The highest BCUT2D eigenvalue weighted by atomic mass is 16.5. The van der Waals surface area contributed by atoms with Crippen LogP contribution in [0.3, 0.4) is 0 Å². The average molecular weight is 266 g/mol. The standard InChI is InChI=1S/C14H18O5/c1-8-3-6-14(17)10-7-19-11(15)9(10)4-5-13(8,14)12(16)18-2/h8,17H,3-7H2,1-2H3/t8-,13+,14-/m1/s1. The molecule has 0 unspecified atom stereocenters. The van der Waals surface area contributed by atoms with E-state index in [1.165, 1.54) is 7.11 Å². The van der Waals surface area contributed by atoms with Gasteiger partial charge in [0.15, 0.2) is 0 Å². The predicted molar refractivity (Wildman–Crippen MR) is 65.0 cm³/mol.